The minimum atomic E-state index is -1.60. The molecule has 1 amide bonds. The molecule has 130 valence electrons. The fraction of sp³-hybridized carbons (Fsp3) is 0.211. The van der Waals surface area contributed by atoms with Gasteiger partial charge in [0, 0.05) is 29.6 Å². The van der Waals surface area contributed by atoms with Crippen molar-refractivity contribution in [1.29, 1.82) is 5.26 Å². The van der Waals surface area contributed by atoms with Gasteiger partial charge in [0.15, 0.2) is 5.41 Å². The van der Waals surface area contributed by atoms with E-state index in [1.165, 1.54) is 0 Å². The highest BCUT2D eigenvalue weighted by Crippen LogP contribution is 2.53. The van der Waals surface area contributed by atoms with E-state index in [4.69, 9.17) is 10.5 Å². The Morgan fingerprint density at radius 2 is 2.08 bits per heavy atom. The van der Waals surface area contributed by atoms with Crippen molar-refractivity contribution in [1.82, 2.24) is 4.98 Å². The first-order valence-corrected chi connectivity index (χ1v) is 8.20. The van der Waals surface area contributed by atoms with Crippen LogP contribution in [0.25, 0.3) is 0 Å². The second-order valence-electron chi connectivity index (χ2n) is 6.29. The number of para-hydroxylation sites is 1. The molecule has 0 radical (unpaired) electrons. The Labute approximate surface area is 149 Å². The monoisotopic (exact) mass is 348 g/mol. The van der Waals surface area contributed by atoms with Crippen LogP contribution in [0.2, 0.25) is 0 Å². The number of pyridine rings is 1. The van der Waals surface area contributed by atoms with Crippen LogP contribution in [0.1, 0.15) is 23.7 Å². The number of ether oxygens (including phenoxy) is 1. The van der Waals surface area contributed by atoms with Gasteiger partial charge in [-0.05, 0) is 19.9 Å². The van der Waals surface area contributed by atoms with Crippen LogP contribution in [0.5, 0.6) is 5.75 Å². The highest BCUT2D eigenvalue weighted by Gasteiger charge is 2.60. The average molecular weight is 348 g/mol. The second kappa shape index (κ2) is 5.23. The van der Waals surface area contributed by atoms with Crippen molar-refractivity contribution in [3.8, 4) is 11.8 Å². The Balaban J connectivity index is 2.22. The predicted octanol–water partition coefficient (Wildman–Crippen LogP) is 1.42. The van der Waals surface area contributed by atoms with Crippen molar-refractivity contribution in [3.05, 3.63) is 69.0 Å². The molecule has 3 N–H and O–H groups in total. The molecule has 0 unspecified atom stereocenters. The van der Waals surface area contributed by atoms with Crippen LogP contribution in [0.15, 0.2) is 46.6 Å². The Hall–Kier alpha value is -3.53. The number of H-pyrrole nitrogens is 1. The number of nitrogens with two attached hydrogens (primary N) is 1. The summed E-state index contributed by atoms with van der Waals surface area (Å²) in [5.74, 6) is -0.338. The van der Waals surface area contributed by atoms with Gasteiger partial charge >= 0.3 is 0 Å². The van der Waals surface area contributed by atoms with Crippen LogP contribution in [-0.4, -0.2) is 17.4 Å². The molecule has 0 fully saturated rings. The van der Waals surface area contributed by atoms with Gasteiger partial charge in [-0.3, -0.25) is 9.59 Å². The number of anilines is 1. The first-order valence-electron chi connectivity index (χ1n) is 8.20. The standard InChI is InChI=1S/C19H16N4O3/c1-3-23-13-7-5-4-6-11(13)19(18(23)25)12(9-20)16(21)26-14-8-10(2)22-17(24)15(14)19/h4-8H,3,21H2,1-2H3,(H,22,24)/t19-/m0/s1. The molecule has 1 spiro atoms. The molecule has 1 aromatic carbocycles. The van der Waals surface area contributed by atoms with Crippen molar-refractivity contribution in [2.45, 2.75) is 19.3 Å². The number of likely N-dealkylation sites (N-methyl/N-ethyl adjacent to an activating group) is 1. The van der Waals surface area contributed by atoms with Gasteiger partial charge in [0.2, 0.25) is 11.8 Å². The molecule has 2 aromatic rings. The van der Waals surface area contributed by atoms with Gasteiger partial charge in [-0.2, -0.15) is 5.26 Å². The number of amides is 1. The third-order valence-electron chi connectivity index (χ3n) is 4.94. The summed E-state index contributed by atoms with van der Waals surface area (Å²) in [6, 6.07) is 10.8. The van der Waals surface area contributed by atoms with E-state index in [0.717, 1.165) is 0 Å². The fourth-order valence-corrected chi connectivity index (χ4v) is 3.96. The van der Waals surface area contributed by atoms with Crippen molar-refractivity contribution in [2.75, 3.05) is 11.4 Å². The number of benzene rings is 1. The largest absolute Gasteiger partial charge is 0.440 e. The van der Waals surface area contributed by atoms with Crippen LogP contribution in [0.3, 0.4) is 0 Å². The quantitative estimate of drug-likeness (QED) is 0.809. The third-order valence-corrected chi connectivity index (χ3v) is 4.94. The van der Waals surface area contributed by atoms with Crippen molar-refractivity contribution < 1.29 is 9.53 Å². The van der Waals surface area contributed by atoms with Crippen molar-refractivity contribution >= 4 is 11.6 Å². The van der Waals surface area contributed by atoms with Crippen LogP contribution in [-0.2, 0) is 10.2 Å². The first-order chi connectivity index (χ1) is 12.5. The van der Waals surface area contributed by atoms with Crippen molar-refractivity contribution in [3.63, 3.8) is 0 Å². The number of carbonyl (C=O) groups excluding carboxylic acids is 1. The van der Waals surface area contributed by atoms with E-state index in [1.54, 1.807) is 36.1 Å². The smallest absolute Gasteiger partial charge is 0.256 e. The predicted molar refractivity (Wildman–Crippen MR) is 94.5 cm³/mol. The van der Waals surface area contributed by atoms with Crippen LogP contribution in [0.4, 0.5) is 5.69 Å². The Kier molecular flexibility index (Phi) is 3.21. The fourth-order valence-electron chi connectivity index (χ4n) is 3.96. The highest BCUT2D eigenvalue weighted by atomic mass is 16.5. The number of aromatic amines is 1. The van der Waals surface area contributed by atoms with E-state index in [9.17, 15) is 14.9 Å². The summed E-state index contributed by atoms with van der Waals surface area (Å²) in [5.41, 5.74) is 5.78. The first kappa shape index (κ1) is 16.0. The van der Waals surface area contributed by atoms with E-state index in [-0.39, 0.29) is 28.7 Å². The molecule has 2 aliphatic rings. The summed E-state index contributed by atoms with van der Waals surface area (Å²) < 4.78 is 5.56. The zero-order valence-electron chi connectivity index (χ0n) is 14.3. The SMILES string of the molecule is CCN1C(=O)[C@]2(C(C#N)=C(N)Oc3cc(C)[nH]c(=O)c32)c2ccccc21. The number of nitrogens with zero attached hydrogens (tertiary/aromatic N) is 2. The molecular formula is C19H16N4O3. The second-order valence-corrected chi connectivity index (χ2v) is 6.29. The molecule has 26 heavy (non-hydrogen) atoms. The summed E-state index contributed by atoms with van der Waals surface area (Å²) >= 11 is 0. The summed E-state index contributed by atoms with van der Waals surface area (Å²) in [7, 11) is 0. The maximum atomic E-state index is 13.6. The number of aromatic nitrogens is 1. The third kappa shape index (κ3) is 1.70. The van der Waals surface area contributed by atoms with Crippen LogP contribution >= 0.6 is 0 Å². The van der Waals surface area contributed by atoms with E-state index in [0.29, 0.717) is 23.5 Å². The Bertz CT molecular complexity index is 1090. The highest BCUT2D eigenvalue weighted by molar-refractivity contribution is 6.14. The normalized spacial score (nSPS) is 20.7. The maximum Gasteiger partial charge on any atom is 0.256 e. The average Bonchev–Trinajstić information content (AvgIpc) is 2.84. The van der Waals surface area contributed by atoms with Gasteiger partial charge in [0.25, 0.3) is 5.56 Å². The number of hydrogen-bond donors (Lipinski definition) is 2. The minimum absolute atomic E-state index is 0.0623. The number of nitriles is 1. The van der Waals surface area contributed by atoms with Gasteiger partial charge in [0.05, 0.1) is 5.56 Å². The molecule has 0 aliphatic carbocycles. The maximum absolute atomic E-state index is 13.6. The number of nitrogens with one attached hydrogen (secondary N) is 1. The summed E-state index contributed by atoms with van der Waals surface area (Å²) in [4.78, 5) is 30.7. The van der Waals surface area contributed by atoms with Gasteiger partial charge in [-0.15, -0.1) is 0 Å². The topological polar surface area (TPSA) is 112 Å². The van der Waals surface area contributed by atoms with Crippen molar-refractivity contribution in [2.24, 2.45) is 5.73 Å². The van der Waals surface area contributed by atoms with E-state index < -0.39 is 11.0 Å². The molecule has 1 aromatic heterocycles. The van der Waals surface area contributed by atoms with Gasteiger partial charge in [0.1, 0.15) is 17.4 Å². The lowest BCUT2D eigenvalue weighted by Crippen LogP contribution is -2.49. The number of rotatable bonds is 1. The molecule has 1 atom stereocenters. The molecule has 2 aliphatic heterocycles. The molecule has 7 heteroatoms. The minimum Gasteiger partial charge on any atom is -0.440 e. The summed E-state index contributed by atoms with van der Waals surface area (Å²) in [6.07, 6.45) is 0. The zero-order valence-corrected chi connectivity index (χ0v) is 14.3. The number of fused-ring (bicyclic) bond motifs is 4. The number of hydrogen-bond acceptors (Lipinski definition) is 5. The zero-order chi connectivity index (χ0) is 18.6. The number of carbonyl (C=O) groups is 1. The van der Waals surface area contributed by atoms with Gasteiger partial charge < -0.3 is 20.4 Å². The lowest BCUT2D eigenvalue weighted by Gasteiger charge is -2.33. The summed E-state index contributed by atoms with van der Waals surface area (Å²) in [5, 5.41) is 9.81. The lowest BCUT2D eigenvalue weighted by atomic mass is 9.69. The Morgan fingerprint density at radius 3 is 2.77 bits per heavy atom. The number of aryl methyl sites for hydroxylation is 1. The molecule has 7 nitrogen and oxygen atoms in total. The molecular weight excluding hydrogens is 332 g/mol. The lowest BCUT2D eigenvalue weighted by molar-refractivity contribution is -0.120. The van der Waals surface area contributed by atoms with Gasteiger partial charge in [-0.25, -0.2) is 0 Å². The van der Waals surface area contributed by atoms with Gasteiger partial charge in [-0.1, -0.05) is 18.2 Å². The van der Waals surface area contributed by atoms with Crippen LogP contribution < -0.4 is 20.9 Å². The summed E-state index contributed by atoms with van der Waals surface area (Å²) in [6.45, 7) is 3.95. The van der Waals surface area contributed by atoms with Crippen LogP contribution in [0, 0.1) is 18.3 Å². The molecule has 4 rings (SSSR count). The Morgan fingerprint density at radius 1 is 1.35 bits per heavy atom. The van der Waals surface area contributed by atoms with E-state index >= 15 is 0 Å². The molecule has 0 bridgehead atoms. The van der Waals surface area contributed by atoms with E-state index in [2.05, 4.69) is 4.98 Å². The molecule has 3 heterocycles. The van der Waals surface area contributed by atoms with E-state index in [1.807, 2.05) is 19.1 Å². The molecule has 0 saturated heterocycles. The molecule has 0 saturated carbocycles.